The molecule has 0 aromatic heterocycles. The molecule has 2 N–H and O–H groups in total. The minimum atomic E-state index is -0.436. The number of rotatable bonds is 5. The summed E-state index contributed by atoms with van der Waals surface area (Å²) in [5.74, 6) is -0.178. The van der Waals surface area contributed by atoms with Gasteiger partial charge >= 0.3 is 0 Å². The van der Waals surface area contributed by atoms with E-state index in [2.05, 4.69) is 10.9 Å². The summed E-state index contributed by atoms with van der Waals surface area (Å²) in [4.78, 5) is 23.9. The predicted molar refractivity (Wildman–Crippen MR) is 111 cm³/mol. The van der Waals surface area contributed by atoms with Gasteiger partial charge in [0.1, 0.15) is 5.75 Å². The van der Waals surface area contributed by atoms with E-state index in [1.807, 2.05) is 74.5 Å². The van der Waals surface area contributed by atoms with E-state index in [9.17, 15) is 9.59 Å². The average molecular weight is 374 g/mol. The first-order valence-electron chi connectivity index (χ1n) is 8.98. The lowest BCUT2D eigenvalue weighted by Crippen LogP contribution is -2.43. The van der Waals surface area contributed by atoms with Crippen LogP contribution in [0.1, 0.15) is 16.7 Å². The lowest BCUT2D eigenvalue weighted by Gasteiger charge is -2.12. The van der Waals surface area contributed by atoms with E-state index in [-0.39, 0.29) is 6.61 Å². The van der Waals surface area contributed by atoms with Gasteiger partial charge in [0.2, 0.25) is 0 Å². The standard InChI is InChI=1S/C23H22N2O3/c1-16-7-5-8-17(2)23(16)28-15-22(27)25-24-21(26)14-13-19-11-6-10-18-9-3-4-12-20(18)19/h3-14H,15H2,1-2H3,(H,24,26)(H,25,27). The number of hydrazine groups is 1. The molecule has 0 heterocycles. The minimum absolute atomic E-state index is 0.182. The van der Waals surface area contributed by atoms with Crippen LogP contribution >= 0.6 is 0 Å². The van der Waals surface area contributed by atoms with Crippen molar-refractivity contribution in [3.8, 4) is 5.75 Å². The van der Waals surface area contributed by atoms with Crippen LogP contribution in [-0.2, 0) is 9.59 Å². The zero-order valence-corrected chi connectivity index (χ0v) is 15.9. The van der Waals surface area contributed by atoms with Gasteiger partial charge < -0.3 is 4.74 Å². The van der Waals surface area contributed by atoms with Gasteiger partial charge in [-0.05, 0) is 47.4 Å². The van der Waals surface area contributed by atoms with Crippen LogP contribution in [0.2, 0.25) is 0 Å². The molecule has 0 radical (unpaired) electrons. The number of fused-ring (bicyclic) bond motifs is 1. The van der Waals surface area contributed by atoms with E-state index in [4.69, 9.17) is 4.74 Å². The van der Waals surface area contributed by atoms with Crippen molar-refractivity contribution in [1.82, 2.24) is 10.9 Å². The molecule has 5 nitrogen and oxygen atoms in total. The fraction of sp³-hybridized carbons (Fsp3) is 0.130. The largest absolute Gasteiger partial charge is 0.483 e. The van der Waals surface area contributed by atoms with Crippen LogP contribution in [-0.4, -0.2) is 18.4 Å². The van der Waals surface area contributed by atoms with Gasteiger partial charge in [0.15, 0.2) is 6.61 Å². The molecule has 0 unspecified atom stereocenters. The van der Waals surface area contributed by atoms with Crippen molar-refractivity contribution in [2.24, 2.45) is 0 Å². The van der Waals surface area contributed by atoms with Gasteiger partial charge in [-0.25, -0.2) is 0 Å². The molecule has 0 saturated heterocycles. The molecule has 3 rings (SSSR count). The Bertz CT molecular complexity index is 1020. The van der Waals surface area contributed by atoms with Crippen LogP contribution in [0.5, 0.6) is 5.75 Å². The quantitative estimate of drug-likeness (QED) is 0.529. The van der Waals surface area contributed by atoms with Crippen LogP contribution in [0.4, 0.5) is 0 Å². The Balaban J connectivity index is 1.52. The van der Waals surface area contributed by atoms with Crippen molar-refractivity contribution in [3.05, 3.63) is 83.4 Å². The average Bonchev–Trinajstić information content (AvgIpc) is 2.70. The number of benzene rings is 3. The molecule has 0 aliphatic rings. The molecule has 3 aromatic carbocycles. The first-order chi connectivity index (χ1) is 13.5. The topological polar surface area (TPSA) is 67.4 Å². The molecule has 0 bridgehead atoms. The van der Waals surface area contributed by atoms with Crippen molar-refractivity contribution in [2.45, 2.75) is 13.8 Å². The number of para-hydroxylation sites is 1. The van der Waals surface area contributed by atoms with Gasteiger partial charge in [0.25, 0.3) is 11.8 Å². The van der Waals surface area contributed by atoms with Crippen molar-refractivity contribution >= 4 is 28.7 Å². The fourth-order valence-electron chi connectivity index (χ4n) is 2.93. The van der Waals surface area contributed by atoms with Crippen molar-refractivity contribution in [2.75, 3.05) is 6.61 Å². The van der Waals surface area contributed by atoms with Crippen molar-refractivity contribution in [3.63, 3.8) is 0 Å². The Labute approximate surface area is 164 Å². The number of ether oxygens (including phenoxy) is 1. The molecule has 0 atom stereocenters. The molecule has 142 valence electrons. The monoisotopic (exact) mass is 374 g/mol. The maximum absolute atomic E-state index is 12.0. The summed E-state index contributed by atoms with van der Waals surface area (Å²) in [5, 5.41) is 2.15. The highest BCUT2D eigenvalue weighted by Crippen LogP contribution is 2.22. The van der Waals surface area contributed by atoms with Gasteiger partial charge in [-0.1, -0.05) is 60.7 Å². The first kappa shape index (κ1) is 19.2. The highest BCUT2D eigenvalue weighted by atomic mass is 16.5. The van der Waals surface area contributed by atoms with Gasteiger partial charge in [0.05, 0.1) is 0 Å². The van der Waals surface area contributed by atoms with E-state index in [0.717, 1.165) is 27.5 Å². The fourth-order valence-corrected chi connectivity index (χ4v) is 2.93. The maximum atomic E-state index is 12.0. The predicted octanol–water partition coefficient (Wildman–Crippen LogP) is 3.70. The first-order valence-corrected chi connectivity index (χ1v) is 8.98. The molecule has 0 aliphatic heterocycles. The Morgan fingerprint density at radius 3 is 2.36 bits per heavy atom. The van der Waals surface area contributed by atoms with Gasteiger partial charge in [-0.3, -0.25) is 20.4 Å². The van der Waals surface area contributed by atoms with E-state index in [0.29, 0.717) is 5.75 Å². The number of nitrogens with one attached hydrogen (secondary N) is 2. The van der Waals surface area contributed by atoms with E-state index in [1.165, 1.54) is 6.08 Å². The molecule has 0 aliphatic carbocycles. The van der Waals surface area contributed by atoms with E-state index in [1.54, 1.807) is 6.08 Å². The van der Waals surface area contributed by atoms with Gasteiger partial charge in [0, 0.05) is 6.08 Å². The second-order valence-electron chi connectivity index (χ2n) is 6.45. The summed E-state index contributed by atoms with van der Waals surface area (Å²) in [6.07, 6.45) is 3.10. The molecule has 3 aromatic rings. The normalized spacial score (nSPS) is 10.8. The van der Waals surface area contributed by atoms with Crippen LogP contribution in [0.15, 0.2) is 66.7 Å². The van der Waals surface area contributed by atoms with Crippen molar-refractivity contribution in [1.29, 1.82) is 0 Å². The maximum Gasteiger partial charge on any atom is 0.276 e. The number of carbonyl (C=O) groups is 2. The van der Waals surface area contributed by atoms with E-state index >= 15 is 0 Å². The Morgan fingerprint density at radius 1 is 0.893 bits per heavy atom. The summed E-state index contributed by atoms with van der Waals surface area (Å²) in [5.41, 5.74) is 7.55. The lowest BCUT2D eigenvalue weighted by atomic mass is 10.0. The molecular weight excluding hydrogens is 352 g/mol. The number of hydrogen-bond acceptors (Lipinski definition) is 3. The number of amides is 2. The Kier molecular flexibility index (Phi) is 6.07. The molecule has 2 amide bonds. The number of carbonyl (C=O) groups excluding carboxylic acids is 2. The Morgan fingerprint density at radius 2 is 1.57 bits per heavy atom. The van der Waals surface area contributed by atoms with Crippen LogP contribution < -0.4 is 15.6 Å². The summed E-state index contributed by atoms with van der Waals surface area (Å²) >= 11 is 0. The summed E-state index contributed by atoms with van der Waals surface area (Å²) in [6.45, 7) is 3.65. The smallest absolute Gasteiger partial charge is 0.276 e. The third kappa shape index (κ3) is 4.76. The second-order valence-corrected chi connectivity index (χ2v) is 6.45. The molecule has 5 heteroatoms. The number of aryl methyl sites for hydroxylation is 2. The van der Waals surface area contributed by atoms with Gasteiger partial charge in [-0.15, -0.1) is 0 Å². The highest BCUT2D eigenvalue weighted by molar-refractivity contribution is 5.97. The third-order valence-electron chi connectivity index (χ3n) is 4.32. The zero-order chi connectivity index (χ0) is 19.9. The molecule has 0 spiro atoms. The zero-order valence-electron chi connectivity index (χ0n) is 15.9. The molecule has 28 heavy (non-hydrogen) atoms. The molecule has 0 saturated carbocycles. The highest BCUT2D eigenvalue weighted by Gasteiger charge is 2.07. The van der Waals surface area contributed by atoms with Crippen LogP contribution in [0.3, 0.4) is 0 Å². The van der Waals surface area contributed by atoms with Crippen LogP contribution in [0, 0.1) is 13.8 Å². The van der Waals surface area contributed by atoms with Crippen LogP contribution in [0.25, 0.3) is 16.8 Å². The minimum Gasteiger partial charge on any atom is -0.483 e. The summed E-state index contributed by atoms with van der Waals surface area (Å²) in [7, 11) is 0. The van der Waals surface area contributed by atoms with Crippen molar-refractivity contribution < 1.29 is 14.3 Å². The number of hydrogen-bond donors (Lipinski definition) is 2. The SMILES string of the molecule is Cc1cccc(C)c1OCC(=O)NNC(=O)C=Cc1cccc2ccccc12. The Hall–Kier alpha value is -3.60. The molecular formula is C23H22N2O3. The lowest BCUT2D eigenvalue weighted by molar-refractivity contribution is -0.128. The van der Waals surface area contributed by atoms with E-state index < -0.39 is 11.8 Å². The van der Waals surface area contributed by atoms with Gasteiger partial charge in [-0.2, -0.15) is 0 Å². The summed E-state index contributed by atoms with van der Waals surface area (Å²) < 4.78 is 5.56. The second kappa shape index (κ2) is 8.86. The third-order valence-corrected chi connectivity index (χ3v) is 4.32. The molecule has 0 fully saturated rings. The summed E-state index contributed by atoms with van der Waals surface area (Å²) in [6, 6.07) is 19.6.